The third-order valence-corrected chi connectivity index (χ3v) is 3.59. The largest absolute Gasteiger partial charge is 0.379 e. The molecule has 0 saturated carbocycles. The van der Waals surface area contributed by atoms with Crippen LogP contribution in [0.4, 0.5) is 0 Å². The van der Waals surface area contributed by atoms with Crippen LogP contribution >= 0.6 is 0 Å². The van der Waals surface area contributed by atoms with Crippen LogP contribution < -0.4 is 5.73 Å². The summed E-state index contributed by atoms with van der Waals surface area (Å²) in [6.07, 6.45) is 0.978. The highest BCUT2D eigenvalue weighted by Crippen LogP contribution is 2.36. The number of aryl methyl sites for hydroxylation is 1. The van der Waals surface area contributed by atoms with Gasteiger partial charge in [0.2, 0.25) is 0 Å². The van der Waals surface area contributed by atoms with Crippen molar-refractivity contribution in [3.8, 4) is 0 Å². The smallest absolute Gasteiger partial charge is 0.104 e. The fourth-order valence-electron chi connectivity index (χ4n) is 2.55. The second kappa shape index (κ2) is 3.82. The van der Waals surface area contributed by atoms with Crippen molar-refractivity contribution in [1.82, 2.24) is 9.97 Å². The first-order chi connectivity index (χ1) is 8.23. The summed E-state index contributed by atoms with van der Waals surface area (Å²) in [5.41, 5.74) is 9.26. The summed E-state index contributed by atoms with van der Waals surface area (Å²) in [6, 6.07) is 6.42. The van der Waals surface area contributed by atoms with E-state index < -0.39 is 0 Å². The van der Waals surface area contributed by atoms with E-state index in [1.807, 2.05) is 6.92 Å². The number of nitrogens with one attached hydrogen (secondary N) is 1. The van der Waals surface area contributed by atoms with Gasteiger partial charge in [0.15, 0.2) is 0 Å². The van der Waals surface area contributed by atoms with E-state index in [4.69, 9.17) is 10.5 Å². The van der Waals surface area contributed by atoms with Crippen LogP contribution in [0.15, 0.2) is 18.2 Å². The number of hydrogen-bond donors (Lipinski definition) is 2. The topological polar surface area (TPSA) is 63.9 Å². The maximum Gasteiger partial charge on any atom is 0.104 e. The number of aromatic nitrogens is 2. The van der Waals surface area contributed by atoms with Gasteiger partial charge in [0, 0.05) is 5.41 Å². The lowest BCUT2D eigenvalue weighted by atomic mass is 9.76. The third-order valence-electron chi connectivity index (χ3n) is 3.59. The van der Waals surface area contributed by atoms with Gasteiger partial charge in [-0.3, -0.25) is 0 Å². The number of benzene rings is 1. The molecule has 0 amide bonds. The molecule has 1 saturated heterocycles. The Labute approximate surface area is 100 Å². The van der Waals surface area contributed by atoms with Gasteiger partial charge in [0.1, 0.15) is 5.82 Å². The Morgan fingerprint density at radius 2 is 2.29 bits per heavy atom. The number of hydrogen-bond acceptors (Lipinski definition) is 3. The Morgan fingerprint density at radius 3 is 2.94 bits per heavy atom. The molecule has 0 spiro atoms. The van der Waals surface area contributed by atoms with Gasteiger partial charge in [0.25, 0.3) is 0 Å². The van der Waals surface area contributed by atoms with E-state index in [1.54, 1.807) is 0 Å². The van der Waals surface area contributed by atoms with Gasteiger partial charge in [-0.1, -0.05) is 6.07 Å². The summed E-state index contributed by atoms with van der Waals surface area (Å²) in [5, 5.41) is 0. The summed E-state index contributed by atoms with van der Waals surface area (Å²) in [5.74, 6) is 0.954. The molecular formula is C13H17N3O. The lowest BCUT2D eigenvalue weighted by molar-refractivity contribution is -0.0630. The van der Waals surface area contributed by atoms with Gasteiger partial charge in [-0.25, -0.2) is 4.98 Å². The SMILES string of the molecule is Cc1nc2ccc(C3(CCN)COC3)cc2[nH]1. The molecule has 4 nitrogen and oxygen atoms in total. The molecule has 1 aromatic carbocycles. The number of H-pyrrole nitrogens is 1. The molecule has 2 heterocycles. The molecule has 3 N–H and O–H groups in total. The molecule has 0 radical (unpaired) electrons. The second-order valence-electron chi connectivity index (χ2n) is 4.87. The number of imidazole rings is 1. The average Bonchev–Trinajstić information content (AvgIpc) is 2.62. The number of ether oxygens (including phenoxy) is 1. The zero-order valence-corrected chi connectivity index (χ0v) is 9.99. The molecule has 1 aliphatic rings. The normalized spacial score (nSPS) is 18.2. The Morgan fingerprint density at radius 1 is 1.47 bits per heavy atom. The van der Waals surface area contributed by atoms with Crippen molar-refractivity contribution in [3.63, 3.8) is 0 Å². The van der Waals surface area contributed by atoms with E-state index >= 15 is 0 Å². The molecule has 90 valence electrons. The van der Waals surface area contributed by atoms with Crippen molar-refractivity contribution < 1.29 is 4.74 Å². The first-order valence-corrected chi connectivity index (χ1v) is 5.98. The van der Waals surface area contributed by atoms with Crippen molar-refractivity contribution in [2.45, 2.75) is 18.8 Å². The number of rotatable bonds is 3. The highest BCUT2D eigenvalue weighted by molar-refractivity contribution is 5.76. The molecule has 2 aromatic rings. The minimum absolute atomic E-state index is 0.127. The molecule has 1 aromatic heterocycles. The molecule has 0 bridgehead atoms. The zero-order valence-electron chi connectivity index (χ0n) is 9.99. The van der Waals surface area contributed by atoms with Crippen LogP contribution in [0.25, 0.3) is 11.0 Å². The Hall–Kier alpha value is -1.39. The van der Waals surface area contributed by atoms with Crippen LogP contribution in [0.5, 0.6) is 0 Å². The molecule has 4 heteroatoms. The van der Waals surface area contributed by atoms with Crippen LogP contribution in [0, 0.1) is 6.92 Å². The van der Waals surface area contributed by atoms with Gasteiger partial charge in [-0.05, 0) is 37.6 Å². The highest BCUT2D eigenvalue weighted by Gasteiger charge is 2.39. The predicted molar refractivity (Wildman–Crippen MR) is 67.0 cm³/mol. The molecule has 0 atom stereocenters. The van der Waals surface area contributed by atoms with Gasteiger partial charge < -0.3 is 15.5 Å². The zero-order chi connectivity index (χ0) is 11.9. The highest BCUT2D eigenvalue weighted by atomic mass is 16.5. The maximum absolute atomic E-state index is 5.70. The van der Waals surface area contributed by atoms with E-state index in [0.717, 1.165) is 36.5 Å². The van der Waals surface area contributed by atoms with Crippen LogP contribution in [0.2, 0.25) is 0 Å². The molecular weight excluding hydrogens is 214 g/mol. The Bertz CT molecular complexity index is 543. The van der Waals surface area contributed by atoms with Crippen LogP contribution in [0.1, 0.15) is 17.8 Å². The summed E-state index contributed by atoms with van der Waals surface area (Å²) in [6.45, 7) is 4.23. The minimum atomic E-state index is 0.127. The fourth-order valence-corrected chi connectivity index (χ4v) is 2.55. The van der Waals surface area contributed by atoms with Gasteiger partial charge in [-0.2, -0.15) is 0 Å². The first-order valence-electron chi connectivity index (χ1n) is 5.98. The number of aromatic amines is 1. The number of nitrogens with two attached hydrogens (primary N) is 1. The van der Waals surface area contributed by atoms with E-state index in [0.29, 0.717) is 6.54 Å². The lowest BCUT2D eigenvalue weighted by Crippen LogP contribution is -2.48. The van der Waals surface area contributed by atoms with Gasteiger partial charge >= 0.3 is 0 Å². The summed E-state index contributed by atoms with van der Waals surface area (Å²) >= 11 is 0. The molecule has 0 unspecified atom stereocenters. The van der Waals surface area contributed by atoms with Crippen molar-refractivity contribution in [1.29, 1.82) is 0 Å². The Balaban J connectivity index is 2.04. The van der Waals surface area contributed by atoms with Crippen LogP contribution in [-0.2, 0) is 10.2 Å². The monoisotopic (exact) mass is 231 g/mol. The third kappa shape index (κ3) is 1.64. The van der Waals surface area contributed by atoms with Crippen molar-refractivity contribution >= 4 is 11.0 Å². The quantitative estimate of drug-likeness (QED) is 0.841. The lowest BCUT2D eigenvalue weighted by Gasteiger charge is -2.42. The number of nitrogens with zero attached hydrogens (tertiary/aromatic N) is 1. The van der Waals surface area contributed by atoms with E-state index in [-0.39, 0.29) is 5.41 Å². The van der Waals surface area contributed by atoms with Crippen LogP contribution in [-0.4, -0.2) is 29.7 Å². The van der Waals surface area contributed by atoms with E-state index in [1.165, 1.54) is 5.56 Å². The van der Waals surface area contributed by atoms with Gasteiger partial charge in [0.05, 0.1) is 24.2 Å². The van der Waals surface area contributed by atoms with Crippen molar-refractivity contribution in [2.75, 3.05) is 19.8 Å². The number of fused-ring (bicyclic) bond motifs is 1. The molecule has 1 fully saturated rings. The summed E-state index contributed by atoms with van der Waals surface area (Å²) in [4.78, 5) is 7.69. The van der Waals surface area contributed by atoms with E-state index in [2.05, 4.69) is 28.2 Å². The Kier molecular flexibility index (Phi) is 2.42. The summed E-state index contributed by atoms with van der Waals surface area (Å²) in [7, 11) is 0. The van der Waals surface area contributed by atoms with Crippen molar-refractivity contribution in [3.05, 3.63) is 29.6 Å². The predicted octanol–water partition coefficient (Wildman–Crippen LogP) is 1.49. The molecule has 0 aliphatic carbocycles. The van der Waals surface area contributed by atoms with E-state index in [9.17, 15) is 0 Å². The van der Waals surface area contributed by atoms with Gasteiger partial charge in [-0.15, -0.1) is 0 Å². The maximum atomic E-state index is 5.70. The molecule has 3 rings (SSSR count). The molecule has 1 aliphatic heterocycles. The van der Waals surface area contributed by atoms with Crippen molar-refractivity contribution in [2.24, 2.45) is 5.73 Å². The van der Waals surface area contributed by atoms with Crippen LogP contribution in [0.3, 0.4) is 0 Å². The average molecular weight is 231 g/mol. The molecule has 17 heavy (non-hydrogen) atoms. The fraction of sp³-hybridized carbons (Fsp3) is 0.462. The minimum Gasteiger partial charge on any atom is -0.379 e. The first kappa shape index (κ1) is 10.7. The summed E-state index contributed by atoms with van der Waals surface area (Å²) < 4.78 is 5.38. The standard InChI is InChI=1S/C13H17N3O/c1-9-15-11-3-2-10(6-12(11)16-9)13(4-5-14)7-17-8-13/h2-3,6H,4-5,7-8,14H2,1H3,(H,15,16). The second-order valence-corrected chi connectivity index (χ2v) is 4.87.